The van der Waals surface area contributed by atoms with Gasteiger partial charge in [-0.3, -0.25) is 14.0 Å². The molecular formula is C24H34N6O4. The summed E-state index contributed by atoms with van der Waals surface area (Å²) in [6.07, 6.45) is 2.17. The molecule has 34 heavy (non-hydrogen) atoms. The number of nitrogens with zero attached hydrogens (tertiary/aromatic N) is 3. The number of amides is 2. The Morgan fingerprint density at radius 1 is 1.18 bits per heavy atom. The SMILES string of the molecule is C.CC(C)(N)C(=O)N[C@H](COCc1ccccc1)c1nnc2c(C(=O)NCCCO)cccn12. The summed E-state index contributed by atoms with van der Waals surface area (Å²) in [7, 11) is 0. The molecule has 0 saturated carbocycles. The molecular weight excluding hydrogens is 436 g/mol. The molecule has 0 saturated heterocycles. The molecule has 0 unspecified atom stereocenters. The van der Waals surface area contributed by atoms with E-state index in [4.69, 9.17) is 15.6 Å². The quantitative estimate of drug-likeness (QED) is 0.312. The molecule has 2 amide bonds. The Morgan fingerprint density at radius 2 is 1.91 bits per heavy atom. The van der Waals surface area contributed by atoms with Crippen LogP contribution in [0.25, 0.3) is 5.65 Å². The van der Waals surface area contributed by atoms with Crippen molar-refractivity contribution in [3.63, 3.8) is 0 Å². The van der Waals surface area contributed by atoms with Gasteiger partial charge < -0.3 is 26.2 Å². The number of ether oxygens (including phenoxy) is 1. The van der Waals surface area contributed by atoms with Crippen LogP contribution < -0.4 is 16.4 Å². The van der Waals surface area contributed by atoms with Crippen molar-refractivity contribution >= 4 is 17.5 Å². The van der Waals surface area contributed by atoms with Crippen LogP contribution in [-0.4, -0.2) is 56.8 Å². The maximum Gasteiger partial charge on any atom is 0.255 e. The Balaban J connectivity index is 0.00000408. The number of hydrogen-bond acceptors (Lipinski definition) is 7. The average Bonchev–Trinajstić information content (AvgIpc) is 3.22. The van der Waals surface area contributed by atoms with Crippen molar-refractivity contribution in [3.05, 3.63) is 65.6 Å². The number of nitrogens with two attached hydrogens (primary N) is 1. The topological polar surface area (TPSA) is 144 Å². The minimum Gasteiger partial charge on any atom is -0.396 e. The van der Waals surface area contributed by atoms with Crippen LogP contribution in [0.15, 0.2) is 48.7 Å². The highest BCUT2D eigenvalue weighted by Crippen LogP contribution is 2.18. The number of aliphatic hydroxyl groups excluding tert-OH is 1. The predicted octanol–water partition coefficient (Wildman–Crippen LogP) is 1.59. The average molecular weight is 471 g/mol. The van der Waals surface area contributed by atoms with Gasteiger partial charge in [-0.25, -0.2) is 0 Å². The van der Waals surface area contributed by atoms with Crippen molar-refractivity contribution in [2.24, 2.45) is 5.73 Å². The second kappa shape index (κ2) is 12.2. The fourth-order valence-electron chi connectivity index (χ4n) is 3.12. The van der Waals surface area contributed by atoms with E-state index in [1.165, 1.54) is 0 Å². The van der Waals surface area contributed by atoms with E-state index in [2.05, 4.69) is 20.8 Å². The Labute approximate surface area is 199 Å². The number of hydrogen-bond donors (Lipinski definition) is 4. The minimum absolute atomic E-state index is 0. The van der Waals surface area contributed by atoms with E-state index < -0.39 is 11.6 Å². The third-order valence-electron chi connectivity index (χ3n) is 4.92. The Bertz CT molecular complexity index is 1080. The second-order valence-corrected chi connectivity index (χ2v) is 8.26. The first-order chi connectivity index (χ1) is 15.8. The van der Waals surface area contributed by atoms with Crippen LogP contribution in [0.1, 0.15) is 55.5 Å². The molecule has 10 nitrogen and oxygen atoms in total. The molecule has 1 atom stereocenters. The monoisotopic (exact) mass is 470 g/mol. The molecule has 0 aliphatic rings. The van der Waals surface area contributed by atoms with Crippen LogP contribution in [0.4, 0.5) is 0 Å². The van der Waals surface area contributed by atoms with E-state index in [0.717, 1.165) is 5.56 Å². The lowest BCUT2D eigenvalue weighted by Gasteiger charge is -2.23. The number of aromatic nitrogens is 3. The van der Waals surface area contributed by atoms with Gasteiger partial charge in [-0.1, -0.05) is 37.8 Å². The van der Waals surface area contributed by atoms with Crippen molar-refractivity contribution in [2.45, 2.75) is 45.9 Å². The molecule has 0 spiro atoms. The van der Waals surface area contributed by atoms with Crippen LogP contribution in [0.3, 0.4) is 0 Å². The second-order valence-electron chi connectivity index (χ2n) is 8.26. The summed E-state index contributed by atoms with van der Waals surface area (Å²) in [4.78, 5) is 25.2. The zero-order chi connectivity index (χ0) is 23.8. The summed E-state index contributed by atoms with van der Waals surface area (Å²) >= 11 is 0. The summed E-state index contributed by atoms with van der Waals surface area (Å²) in [5, 5.41) is 23.0. The molecule has 2 aromatic heterocycles. The Hall–Kier alpha value is -3.34. The van der Waals surface area contributed by atoms with E-state index in [9.17, 15) is 9.59 Å². The summed E-state index contributed by atoms with van der Waals surface area (Å²) in [6, 6.07) is 12.4. The van der Waals surface area contributed by atoms with Crippen LogP contribution in [0.5, 0.6) is 0 Å². The molecule has 0 radical (unpaired) electrons. The molecule has 2 heterocycles. The maximum absolute atomic E-state index is 12.6. The number of carbonyl (C=O) groups excluding carboxylic acids is 2. The van der Waals surface area contributed by atoms with Gasteiger partial charge in [0.1, 0.15) is 6.04 Å². The van der Waals surface area contributed by atoms with Gasteiger partial charge >= 0.3 is 0 Å². The summed E-state index contributed by atoms with van der Waals surface area (Å²) in [5.74, 6) is -0.275. The number of fused-ring (bicyclic) bond motifs is 1. The lowest BCUT2D eigenvalue weighted by atomic mass is 10.1. The van der Waals surface area contributed by atoms with Gasteiger partial charge in [0, 0.05) is 19.3 Å². The Kier molecular flexibility index (Phi) is 9.67. The van der Waals surface area contributed by atoms with E-state index >= 15 is 0 Å². The van der Waals surface area contributed by atoms with Crippen molar-refractivity contribution in [2.75, 3.05) is 19.8 Å². The summed E-state index contributed by atoms with van der Waals surface area (Å²) in [5.41, 5.74) is 6.55. The number of carbonyl (C=O) groups is 2. The van der Waals surface area contributed by atoms with Crippen LogP contribution in [0.2, 0.25) is 0 Å². The van der Waals surface area contributed by atoms with Crippen LogP contribution in [-0.2, 0) is 16.1 Å². The molecule has 5 N–H and O–H groups in total. The molecule has 0 aliphatic heterocycles. The number of aliphatic hydroxyl groups is 1. The lowest BCUT2D eigenvalue weighted by Crippen LogP contribution is -2.50. The first kappa shape index (κ1) is 26.9. The van der Waals surface area contributed by atoms with Gasteiger partial charge in [0.05, 0.1) is 24.3 Å². The predicted molar refractivity (Wildman–Crippen MR) is 129 cm³/mol. The molecule has 184 valence electrons. The standard InChI is InChI=1S/C23H30N6O4.CH4/c1-23(2,24)22(32)26-18(15-33-14-16-8-4-3-5-9-16)20-28-27-19-17(10-6-12-29(19)20)21(31)25-11-7-13-30;/h3-6,8-10,12,18,30H,7,11,13-15,24H2,1-2H3,(H,25,31)(H,26,32);1H4/t18-;/m1./s1. The fourth-order valence-corrected chi connectivity index (χ4v) is 3.12. The van der Waals surface area contributed by atoms with Gasteiger partial charge in [-0.05, 0) is 38.0 Å². The van der Waals surface area contributed by atoms with Crippen molar-refractivity contribution in [1.82, 2.24) is 25.2 Å². The number of nitrogens with one attached hydrogen (secondary N) is 2. The highest BCUT2D eigenvalue weighted by molar-refractivity contribution is 5.99. The van der Waals surface area contributed by atoms with Crippen molar-refractivity contribution < 1.29 is 19.4 Å². The van der Waals surface area contributed by atoms with Gasteiger partial charge in [0.2, 0.25) is 5.91 Å². The smallest absolute Gasteiger partial charge is 0.255 e. The lowest BCUT2D eigenvalue weighted by molar-refractivity contribution is -0.126. The summed E-state index contributed by atoms with van der Waals surface area (Å²) in [6.45, 7) is 4.04. The summed E-state index contributed by atoms with van der Waals surface area (Å²) < 4.78 is 7.53. The molecule has 0 bridgehead atoms. The first-order valence-electron chi connectivity index (χ1n) is 10.8. The molecule has 0 aliphatic carbocycles. The molecule has 3 aromatic rings. The molecule has 1 aromatic carbocycles. The van der Waals surface area contributed by atoms with Crippen molar-refractivity contribution in [3.8, 4) is 0 Å². The first-order valence-corrected chi connectivity index (χ1v) is 10.8. The number of pyridine rings is 1. The van der Waals surface area contributed by atoms with Crippen LogP contribution >= 0.6 is 0 Å². The zero-order valence-electron chi connectivity index (χ0n) is 18.8. The van der Waals surface area contributed by atoms with Gasteiger partial charge in [-0.15, -0.1) is 10.2 Å². The highest BCUT2D eigenvalue weighted by atomic mass is 16.5. The molecule has 3 rings (SSSR count). The fraction of sp³-hybridized carbons (Fsp3) is 0.417. The normalized spacial score (nSPS) is 12.1. The largest absolute Gasteiger partial charge is 0.396 e. The van der Waals surface area contributed by atoms with Gasteiger partial charge in [0.15, 0.2) is 11.5 Å². The highest BCUT2D eigenvalue weighted by Gasteiger charge is 2.28. The van der Waals surface area contributed by atoms with E-state index in [1.54, 1.807) is 36.6 Å². The minimum atomic E-state index is -1.10. The van der Waals surface area contributed by atoms with Crippen molar-refractivity contribution in [1.29, 1.82) is 0 Å². The zero-order valence-corrected chi connectivity index (χ0v) is 18.8. The van der Waals surface area contributed by atoms with Gasteiger partial charge in [0.25, 0.3) is 5.91 Å². The Morgan fingerprint density at radius 3 is 2.59 bits per heavy atom. The number of rotatable bonds is 11. The number of benzene rings is 1. The molecule has 0 fully saturated rings. The van der Waals surface area contributed by atoms with E-state index in [0.29, 0.717) is 36.6 Å². The van der Waals surface area contributed by atoms with E-state index in [1.807, 2.05) is 30.3 Å². The third kappa shape index (κ3) is 6.83. The molecule has 10 heteroatoms. The van der Waals surface area contributed by atoms with E-state index in [-0.39, 0.29) is 32.5 Å². The van der Waals surface area contributed by atoms with Gasteiger partial charge in [-0.2, -0.15) is 0 Å². The third-order valence-corrected chi connectivity index (χ3v) is 4.92. The maximum atomic E-state index is 12.6. The van der Waals surface area contributed by atoms with Crippen LogP contribution in [0, 0.1) is 0 Å².